The quantitative estimate of drug-likeness (QED) is 0.283. The Morgan fingerprint density at radius 3 is 2.54 bits per heavy atom. The summed E-state index contributed by atoms with van der Waals surface area (Å²) in [6.07, 6.45) is 0.890. The van der Waals surface area contributed by atoms with Crippen molar-refractivity contribution in [2.45, 2.75) is 19.4 Å². The number of fused-ring (bicyclic) bond motifs is 4. The van der Waals surface area contributed by atoms with Crippen molar-refractivity contribution >= 4 is 44.7 Å². The highest BCUT2D eigenvalue weighted by molar-refractivity contribution is 6.02. The summed E-state index contributed by atoms with van der Waals surface area (Å²) in [6.45, 7) is 2.22. The van der Waals surface area contributed by atoms with Crippen LogP contribution >= 0.6 is 0 Å². The minimum atomic E-state index is 0.216. The van der Waals surface area contributed by atoms with E-state index in [2.05, 4.69) is 58.3 Å². The molecule has 0 amide bonds. The predicted molar refractivity (Wildman–Crippen MR) is 146 cm³/mol. The van der Waals surface area contributed by atoms with E-state index in [1.54, 1.807) is 0 Å². The van der Waals surface area contributed by atoms with Gasteiger partial charge in [0.15, 0.2) is 11.4 Å². The number of H-pyrrole nitrogens is 2. The average Bonchev–Trinajstić information content (AvgIpc) is 3.69. The molecule has 1 aliphatic rings. The second kappa shape index (κ2) is 7.54. The van der Waals surface area contributed by atoms with Gasteiger partial charge >= 0.3 is 6.01 Å². The van der Waals surface area contributed by atoms with Crippen molar-refractivity contribution in [3.63, 3.8) is 0 Å². The van der Waals surface area contributed by atoms with Crippen molar-refractivity contribution in [1.82, 2.24) is 25.1 Å². The summed E-state index contributed by atoms with van der Waals surface area (Å²) >= 11 is 0. The molecule has 2 N–H and O–H groups in total. The van der Waals surface area contributed by atoms with E-state index in [-0.39, 0.29) is 6.04 Å². The summed E-state index contributed by atoms with van der Waals surface area (Å²) in [6, 6.07) is 29.6. The summed E-state index contributed by atoms with van der Waals surface area (Å²) in [5, 5.41) is 9.05. The smallest absolute Gasteiger partial charge is 0.303 e. The molecule has 1 aliphatic heterocycles. The highest BCUT2D eigenvalue weighted by Gasteiger charge is 2.33. The number of imidazole rings is 1. The number of para-hydroxylation sites is 5. The third-order valence-electron chi connectivity index (χ3n) is 7.34. The molecule has 0 radical (unpaired) electrons. The largest absolute Gasteiger partial charge is 0.423 e. The Kier molecular flexibility index (Phi) is 4.14. The zero-order valence-corrected chi connectivity index (χ0v) is 20.1. The van der Waals surface area contributed by atoms with Crippen molar-refractivity contribution in [1.29, 1.82) is 0 Å². The number of aromatic nitrogens is 5. The molecule has 0 bridgehead atoms. The zero-order chi connectivity index (χ0) is 24.5. The van der Waals surface area contributed by atoms with Gasteiger partial charge in [-0.1, -0.05) is 54.6 Å². The number of nitrogens with zero attached hydrogens (tertiary/aromatic N) is 4. The van der Waals surface area contributed by atoms with Gasteiger partial charge in [0.05, 0.1) is 11.0 Å². The molecule has 0 spiro atoms. The first-order valence-electron chi connectivity index (χ1n) is 12.4. The van der Waals surface area contributed by atoms with Crippen LogP contribution in [0.3, 0.4) is 0 Å². The third-order valence-corrected chi connectivity index (χ3v) is 7.34. The van der Waals surface area contributed by atoms with E-state index in [1.165, 1.54) is 11.1 Å². The lowest BCUT2D eigenvalue weighted by atomic mass is 9.95. The fourth-order valence-electron chi connectivity index (χ4n) is 5.65. The lowest BCUT2D eigenvalue weighted by Crippen LogP contribution is -2.24. The first-order valence-corrected chi connectivity index (χ1v) is 12.4. The van der Waals surface area contributed by atoms with Gasteiger partial charge in [0.25, 0.3) is 0 Å². The maximum Gasteiger partial charge on any atom is 0.303 e. The number of rotatable bonds is 3. The van der Waals surface area contributed by atoms with E-state index in [9.17, 15) is 0 Å². The van der Waals surface area contributed by atoms with E-state index in [0.29, 0.717) is 6.01 Å². The van der Waals surface area contributed by atoms with Gasteiger partial charge in [0.1, 0.15) is 16.7 Å². The van der Waals surface area contributed by atoms with Crippen LogP contribution in [-0.2, 0) is 6.42 Å². The van der Waals surface area contributed by atoms with Crippen LogP contribution in [0.5, 0.6) is 0 Å². The monoisotopic (exact) mass is 482 g/mol. The summed E-state index contributed by atoms with van der Waals surface area (Å²) in [4.78, 5) is 15.2. The van der Waals surface area contributed by atoms with Crippen LogP contribution in [0.2, 0.25) is 0 Å². The number of nitrogens with one attached hydrogen (secondary N) is 2. The Hall–Kier alpha value is -4.91. The van der Waals surface area contributed by atoms with Gasteiger partial charge in [-0.05, 0) is 54.8 Å². The van der Waals surface area contributed by atoms with E-state index >= 15 is 0 Å². The second-order valence-corrected chi connectivity index (χ2v) is 9.59. The molecule has 7 heteroatoms. The lowest BCUT2D eigenvalue weighted by Gasteiger charge is -2.20. The number of hydrogen-bond acceptors (Lipinski definition) is 5. The maximum absolute atomic E-state index is 6.16. The molecule has 1 unspecified atom stereocenters. The number of oxazole rings is 1. The Labute approximate surface area is 211 Å². The summed E-state index contributed by atoms with van der Waals surface area (Å²) in [5.74, 6) is 0.787. The van der Waals surface area contributed by atoms with E-state index < -0.39 is 0 Å². The molecule has 3 aromatic heterocycles. The Bertz CT molecular complexity index is 1900. The van der Waals surface area contributed by atoms with E-state index in [0.717, 1.165) is 62.2 Å². The number of hydrogen-bond donors (Lipinski definition) is 2. The summed E-state index contributed by atoms with van der Waals surface area (Å²) < 4.78 is 6.16. The molecule has 4 aromatic carbocycles. The normalized spacial score (nSPS) is 15.3. The molecule has 0 saturated carbocycles. The van der Waals surface area contributed by atoms with E-state index in [1.807, 2.05) is 48.5 Å². The fraction of sp³-hybridized carbons (Fsp3) is 0.100. The molecular formula is C30H22N6O. The van der Waals surface area contributed by atoms with Crippen LogP contribution in [0.1, 0.15) is 12.5 Å². The van der Waals surface area contributed by atoms with Crippen LogP contribution in [-0.4, -0.2) is 31.2 Å². The van der Waals surface area contributed by atoms with Gasteiger partial charge in [0.2, 0.25) is 0 Å². The number of anilines is 2. The van der Waals surface area contributed by atoms with Crippen molar-refractivity contribution < 1.29 is 4.42 Å². The van der Waals surface area contributed by atoms with Crippen molar-refractivity contribution in [3.05, 3.63) is 90.5 Å². The summed E-state index contributed by atoms with van der Waals surface area (Å²) in [5.41, 5.74) is 10.1. The number of aromatic amines is 2. The molecule has 7 aromatic rings. The molecule has 0 fully saturated rings. The molecule has 8 rings (SSSR count). The highest BCUT2D eigenvalue weighted by Crippen LogP contribution is 2.44. The van der Waals surface area contributed by atoms with Crippen LogP contribution in [0, 0.1) is 0 Å². The highest BCUT2D eigenvalue weighted by atomic mass is 16.4. The molecule has 4 heterocycles. The zero-order valence-electron chi connectivity index (χ0n) is 20.1. The SMILES string of the molecule is CC1Cc2c(-c3cccc4c(-c5nc6ccccc6[nH]5)[nH]nc34)cccc2N1c1nc2ccccc2o1. The Balaban J connectivity index is 1.26. The van der Waals surface area contributed by atoms with Crippen molar-refractivity contribution in [3.8, 4) is 22.6 Å². The lowest BCUT2D eigenvalue weighted by molar-refractivity contribution is 0.573. The third kappa shape index (κ3) is 2.97. The van der Waals surface area contributed by atoms with Gasteiger partial charge in [-0.25, -0.2) is 4.98 Å². The Morgan fingerprint density at radius 2 is 1.65 bits per heavy atom. The molecular weight excluding hydrogens is 460 g/mol. The van der Waals surface area contributed by atoms with Gasteiger partial charge in [0, 0.05) is 22.7 Å². The first-order chi connectivity index (χ1) is 18.2. The van der Waals surface area contributed by atoms with E-state index in [4.69, 9.17) is 19.5 Å². The van der Waals surface area contributed by atoms with Crippen molar-refractivity contribution in [2.24, 2.45) is 0 Å². The molecule has 37 heavy (non-hydrogen) atoms. The van der Waals surface area contributed by atoms with Gasteiger partial charge < -0.3 is 9.40 Å². The number of benzene rings is 4. The predicted octanol–water partition coefficient (Wildman–Crippen LogP) is 7.00. The minimum absolute atomic E-state index is 0.216. The molecule has 1 atom stereocenters. The summed E-state index contributed by atoms with van der Waals surface area (Å²) in [7, 11) is 0. The second-order valence-electron chi connectivity index (χ2n) is 9.59. The molecule has 7 nitrogen and oxygen atoms in total. The molecule has 178 valence electrons. The van der Waals surface area contributed by atoms with Gasteiger partial charge in [-0.2, -0.15) is 10.1 Å². The van der Waals surface area contributed by atoms with Crippen LogP contribution in [0.25, 0.3) is 55.7 Å². The first kappa shape index (κ1) is 20.3. The Morgan fingerprint density at radius 1 is 0.838 bits per heavy atom. The van der Waals surface area contributed by atoms with Crippen LogP contribution in [0.4, 0.5) is 11.7 Å². The maximum atomic E-state index is 6.16. The van der Waals surface area contributed by atoms with Gasteiger partial charge in [-0.3, -0.25) is 10.00 Å². The van der Waals surface area contributed by atoms with Crippen LogP contribution in [0.15, 0.2) is 89.3 Å². The van der Waals surface area contributed by atoms with Gasteiger partial charge in [-0.15, -0.1) is 0 Å². The fourth-order valence-corrected chi connectivity index (χ4v) is 5.65. The molecule has 0 saturated heterocycles. The standard InChI is InChI=1S/C30H22N6O/c1-17-16-21-18(8-7-14-25(21)36(17)30-33-24-13-4-5-15-26(24)37-30)19-9-6-10-20-27(19)34-35-28(20)29-31-22-11-2-3-12-23(22)32-29/h2-15,17H,16H2,1H3,(H,31,32)(H,34,35). The van der Waals surface area contributed by atoms with Crippen molar-refractivity contribution in [2.75, 3.05) is 4.90 Å². The van der Waals surface area contributed by atoms with Crippen LogP contribution < -0.4 is 4.90 Å². The average molecular weight is 483 g/mol. The molecule has 0 aliphatic carbocycles. The minimum Gasteiger partial charge on any atom is -0.423 e. The topological polar surface area (TPSA) is 86.6 Å².